The summed E-state index contributed by atoms with van der Waals surface area (Å²) in [4.78, 5) is 0. The molecular weight excluding hydrogens is 563 g/mol. The monoisotopic (exact) mass is 566 g/mol. The summed E-state index contributed by atoms with van der Waals surface area (Å²) in [5.74, 6) is 0. The first-order valence-corrected chi connectivity index (χ1v) is 7.47. The Morgan fingerprint density at radius 2 is 0.750 bits per heavy atom. The Labute approximate surface area is 79.5 Å². The molecule has 0 aliphatic rings. The van der Waals surface area contributed by atoms with Crippen molar-refractivity contribution in [1.29, 1.82) is 0 Å². The van der Waals surface area contributed by atoms with E-state index in [2.05, 4.69) is 0 Å². The van der Waals surface area contributed by atoms with Gasteiger partial charge in [0.1, 0.15) is 0 Å². The van der Waals surface area contributed by atoms with Crippen LogP contribution in [-0.4, -0.2) is 26.2 Å². The number of rotatable bonds is 0. The van der Waals surface area contributed by atoms with Crippen molar-refractivity contribution in [3.63, 3.8) is 0 Å². The standard InChI is InChI=1S/Bi.Nb.5O.Ta.3H. The average Bonchev–Trinajstić information content (AvgIpc) is 0.650. The second-order valence-corrected chi connectivity index (χ2v) is 6.10. The second-order valence-electron chi connectivity index (χ2n) is 0.745. The van der Waals surface area contributed by atoms with Gasteiger partial charge in [0.25, 0.3) is 0 Å². The van der Waals surface area contributed by atoms with Gasteiger partial charge in [0.2, 0.25) is 0 Å². The quantitative estimate of drug-likeness (QED) is 0.324. The van der Waals surface area contributed by atoms with Gasteiger partial charge in [0, 0.05) is 22.4 Å². The van der Waals surface area contributed by atoms with Crippen molar-refractivity contribution in [2.45, 2.75) is 0 Å². The Morgan fingerprint density at radius 1 is 0.750 bits per heavy atom. The third kappa shape index (κ3) is 160. The fourth-order valence-electron chi connectivity index (χ4n) is 0. The van der Waals surface area contributed by atoms with E-state index in [0.29, 0.717) is 0 Å². The summed E-state index contributed by atoms with van der Waals surface area (Å²) in [5.41, 5.74) is 0. The van der Waals surface area contributed by atoms with Crippen LogP contribution < -0.4 is 0 Å². The van der Waals surface area contributed by atoms with Crippen LogP contribution in [0.25, 0.3) is 0 Å². The van der Waals surface area contributed by atoms with Crippen molar-refractivity contribution in [2.24, 2.45) is 0 Å². The third-order valence-electron chi connectivity index (χ3n) is 0. The second kappa shape index (κ2) is 3.51. The molecule has 0 unspecified atom stereocenters. The molecule has 0 saturated carbocycles. The molecule has 0 bridgehead atoms. The molecule has 0 fully saturated rings. The van der Waals surface area contributed by atoms with Crippen molar-refractivity contribution < 1.29 is 54.3 Å². The van der Waals surface area contributed by atoms with Crippen LogP contribution >= 0.6 is 0 Å². The van der Waals surface area contributed by atoms with Gasteiger partial charge in [-0.25, -0.2) is 0 Å². The topological polar surface area (TPSA) is 85.3 Å². The molecular formula is H3BiNbO5Ta. The van der Waals surface area contributed by atoms with Crippen LogP contribution in [0.2, 0.25) is 0 Å². The fraction of sp³-hybridized carbons (Fsp3) is 0. The molecule has 0 aliphatic carbocycles. The van der Waals surface area contributed by atoms with E-state index < -0.39 is 15.7 Å². The molecule has 8 heteroatoms. The minimum atomic E-state index is -8.05. The Kier molecular flexibility index (Phi) is 7.10. The van der Waals surface area contributed by atoms with Gasteiger partial charge >= 0.3 is 58.1 Å². The molecule has 0 heterocycles. The van der Waals surface area contributed by atoms with Crippen LogP contribution in [0.3, 0.4) is 0 Å². The Hall–Kier alpha value is 1.36. The molecule has 0 aromatic carbocycles. The fourth-order valence-corrected chi connectivity index (χ4v) is 0. The van der Waals surface area contributed by atoms with Gasteiger partial charge in [0.15, 0.2) is 0 Å². The van der Waals surface area contributed by atoms with Crippen LogP contribution in [0, 0.1) is 0 Å². The van der Waals surface area contributed by atoms with Crippen LogP contribution in [0.1, 0.15) is 0 Å². The number of hydrogen-bond donors (Lipinski definition) is 0. The van der Waals surface area contributed by atoms with Crippen molar-refractivity contribution in [3.05, 3.63) is 0 Å². The van der Waals surface area contributed by atoms with Crippen molar-refractivity contribution >= 4 is 26.2 Å². The molecule has 0 spiro atoms. The molecule has 8 heavy (non-hydrogen) atoms. The van der Waals surface area contributed by atoms with Crippen LogP contribution in [0.4, 0.5) is 0 Å². The van der Waals surface area contributed by atoms with Crippen molar-refractivity contribution in [3.8, 4) is 0 Å². The summed E-state index contributed by atoms with van der Waals surface area (Å²) in [6.45, 7) is 0. The minimum absolute atomic E-state index is 0. The summed E-state index contributed by atoms with van der Waals surface area (Å²) in [5, 5.41) is 0. The van der Waals surface area contributed by atoms with Crippen molar-refractivity contribution in [1.82, 2.24) is 0 Å². The molecule has 0 aromatic heterocycles. The van der Waals surface area contributed by atoms with Crippen LogP contribution in [-0.2, 0) is 54.3 Å². The SMILES string of the molecule is [BiH3].[Nb].[O]=[Ta](=[O])(=[O])(=[O])=[O]. The van der Waals surface area contributed by atoms with E-state index in [1.165, 1.54) is 0 Å². The van der Waals surface area contributed by atoms with Crippen molar-refractivity contribution in [2.75, 3.05) is 0 Å². The molecule has 0 aromatic rings. The van der Waals surface area contributed by atoms with Gasteiger partial charge < -0.3 is 0 Å². The zero-order chi connectivity index (χ0) is 5.45. The Balaban J connectivity index is -0.000000125. The van der Waals surface area contributed by atoms with Gasteiger partial charge in [-0.2, -0.15) is 0 Å². The first-order chi connectivity index (χ1) is 2.24. The van der Waals surface area contributed by atoms with Crippen LogP contribution in [0.15, 0.2) is 0 Å². The summed E-state index contributed by atoms with van der Waals surface area (Å²) in [7, 11) is 0. The maximum absolute atomic E-state index is 8.67. The first kappa shape index (κ1) is 16.2. The molecule has 0 aliphatic heterocycles. The molecule has 5 nitrogen and oxygen atoms in total. The summed E-state index contributed by atoms with van der Waals surface area (Å²) >= 11 is -8.05. The Morgan fingerprint density at radius 3 is 0.750 bits per heavy atom. The van der Waals surface area contributed by atoms with E-state index in [1.807, 2.05) is 0 Å². The van der Waals surface area contributed by atoms with Gasteiger partial charge in [-0.3, -0.25) is 0 Å². The molecule has 0 rings (SSSR count). The average molecular weight is 566 g/mol. The zero-order valence-corrected chi connectivity index (χ0v) is 14.6. The Bertz CT molecular complexity index is 282. The van der Waals surface area contributed by atoms with E-state index in [1.54, 1.807) is 0 Å². The van der Waals surface area contributed by atoms with Gasteiger partial charge in [-0.15, -0.1) is 0 Å². The molecule has 1 radical (unpaired) electrons. The van der Waals surface area contributed by atoms with E-state index in [9.17, 15) is 0 Å². The van der Waals surface area contributed by atoms with E-state index in [-0.39, 0.29) is 48.6 Å². The zero-order valence-electron chi connectivity index (χ0n) is 3.64. The van der Waals surface area contributed by atoms with Gasteiger partial charge in [-0.1, -0.05) is 0 Å². The van der Waals surface area contributed by atoms with E-state index in [4.69, 9.17) is 16.3 Å². The summed E-state index contributed by atoms with van der Waals surface area (Å²) in [6.07, 6.45) is 0. The predicted molar refractivity (Wildman–Crippen MR) is 13.4 cm³/mol. The van der Waals surface area contributed by atoms with Gasteiger partial charge in [0.05, 0.1) is 0 Å². The molecule has 0 N–H and O–H groups in total. The first-order valence-electron chi connectivity index (χ1n) is 0.913. The normalized spacial score (nSPS) is 7.50. The third-order valence-corrected chi connectivity index (χ3v) is 0. The van der Waals surface area contributed by atoms with E-state index >= 15 is 0 Å². The van der Waals surface area contributed by atoms with Crippen LogP contribution in [0.5, 0.6) is 0 Å². The summed E-state index contributed by atoms with van der Waals surface area (Å²) in [6, 6.07) is 0. The molecule has 0 atom stereocenters. The molecule has 0 amide bonds. The maximum atomic E-state index is 8.67. The molecule has 0 saturated heterocycles. The summed E-state index contributed by atoms with van der Waals surface area (Å²) < 4.78 is 43.4. The molecule has 48 valence electrons. The number of hydrogen-bond acceptors (Lipinski definition) is 5. The predicted octanol–water partition coefficient (Wildman–Crippen LogP) is -1.78. The van der Waals surface area contributed by atoms with Gasteiger partial charge in [-0.05, 0) is 0 Å². The van der Waals surface area contributed by atoms with E-state index in [0.717, 1.165) is 0 Å².